The number of thiazole rings is 1. The molecule has 0 saturated heterocycles. The summed E-state index contributed by atoms with van der Waals surface area (Å²) in [6.45, 7) is 0. The van der Waals surface area contributed by atoms with Crippen LogP contribution in [0.1, 0.15) is 0 Å². The first-order valence-corrected chi connectivity index (χ1v) is 7.80. The predicted molar refractivity (Wildman–Crippen MR) is 69.7 cm³/mol. The van der Waals surface area contributed by atoms with E-state index in [0.717, 1.165) is 6.26 Å². The molecule has 0 fully saturated rings. The van der Waals surface area contributed by atoms with Crippen molar-refractivity contribution in [2.24, 2.45) is 0 Å². The second-order valence-electron chi connectivity index (χ2n) is 3.74. The molecule has 1 heterocycles. The molecule has 4 nitrogen and oxygen atoms in total. The zero-order valence-electron chi connectivity index (χ0n) is 9.79. The van der Waals surface area contributed by atoms with E-state index in [1.165, 1.54) is 34.4 Å². The molecule has 0 aliphatic carbocycles. The van der Waals surface area contributed by atoms with Gasteiger partial charge in [-0.15, -0.1) is 11.3 Å². The van der Waals surface area contributed by atoms with E-state index < -0.39 is 15.7 Å². The van der Waals surface area contributed by atoms with Crippen LogP contribution >= 0.6 is 11.3 Å². The maximum Gasteiger partial charge on any atom is 0.189 e. The molecule has 0 spiro atoms. The van der Waals surface area contributed by atoms with Gasteiger partial charge in [0, 0.05) is 24.9 Å². The van der Waals surface area contributed by atoms with Gasteiger partial charge in [0.05, 0.1) is 5.69 Å². The Morgan fingerprint density at radius 3 is 2.67 bits per heavy atom. The number of hydrogen-bond acceptors (Lipinski definition) is 5. The van der Waals surface area contributed by atoms with Crippen LogP contribution in [0.15, 0.2) is 34.7 Å². The number of halogens is 1. The van der Waals surface area contributed by atoms with Crippen LogP contribution in [0.3, 0.4) is 0 Å². The van der Waals surface area contributed by atoms with E-state index in [4.69, 9.17) is 0 Å². The third-order valence-corrected chi connectivity index (χ3v) is 4.37. The zero-order chi connectivity index (χ0) is 13.3. The van der Waals surface area contributed by atoms with Gasteiger partial charge in [-0.2, -0.15) is 0 Å². The van der Waals surface area contributed by atoms with E-state index in [2.05, 4.69) is 4.98 Å². The fraction of sp³-hybridized carbons (Fsp3) is 0.182. The Bertz CT molecular complexity index is 654. The van der Waals surface area contributed by atoms with E-state index in [1.807, 2.05) is 0 Å². The van der Waals surface area contributed by atoms with Gasteiger partial charge in [0.25, 0.3) is 0 Å². The normalized spacial score (nSPS) is 11.5. The fourth-order valence-corrected chi connectivity index (χ4v) is 2.91. The second kappa shape index (κ2) is 4.66. The van der Waals surface area contributed by atoms with Gasteiger partial charge < -0.3 is 4.90 Å². The van der Waals surface area contributed by atoms with Crippen molar-refractivity contribution >= 4 is 32.0 Å². The summed E-state index contributed by atoms with van der Waals surface area (Å²) in [5, 5.41) is 2.36. The molecule has 0 bridgehead atoms. The Balaban J connectivity index is 2.54. The van der Waals surface area contributed by atoms with Gasteiger partial charge >= 0.3 is 0 Å². The van der Waals surface area contributed by atoms with Crippen molar-refractivity contribution in [2.45, 2.75) is 4.90 Å². The summed E-state index contributed by atoms with van der Waals surface area (Å²) in [6, 6.07) is 4.29. The minimum absolute atomic E-state index is 0.188. The molecule has 2 rings (SSSR count). The highest BCUT2D eigenvalue weighted by atomic mass is 32.2. The summed E-state index contributed by atoms with van der Waals surface area (Å²) >= 11 is 1.35. The highest BCUT2D eigenvalue weighted by Gasteiger charge is 2.19. The number of anilines is 2. The third kappa shape index (κ3) is 2.37. The number of benzene rings is 1. The van der Waals surface area contributed by atoms with E-state index >= 15 is 0 Å². The van der Waals surface area contributed by atoms with Crippen molar-refractivity contribution < 1.29 is 12.8 Å². The van der Waals surface area contributed by atoms with Crippen molar-refractivity contribution in [3.8, 4) is 0 Å². The van der Waals surface area contributed by atoms with Crippen LogP contribution in [-0.4, -0.2) is 26.7 Å². The van der Waals surface area contributed by atoms with Crippen LogP contribution in [0.25, 0.3) is 0 Å². The quantitative estimate of drug-likeness (QED) is 0.869. The number of aromatic nitrogens is 1. The molecule has 0 saturated carbocycles. The lowest BCUT2D eigenvalue weighted by Gasteiger charge is -2.17. The molecule has 0 unspecified atom stereocenters. The molecule has 0 atom stereocenters. The van der Waals surface area contributed by atoms with Crippen LogP contribution < -0.4 is 4.90 Å². The predicted octanol–water partition coefficient (Wildman–Crippen LogP) is 2.45. The Morgan fingerprint density at radius 1 is 1.39 bits per heavy atom. The standard InChI is InChI=1S/C11H11FN2O2S2/c1-14(11-13-6-7-17-11)8-4-3-5-9(10(8)12)18(2,15)16/h3-7H,1-2H3. The highest BCUT2D eigenvalue weighted by molar-refractivity contribution is 7.90. The van der Waals surface area contributed by atoms with Gasteiger partial charge in [-0.1, -0.05) is 6.07 Å². The summed E-state index contributed by atoms with van der Waals surface area (Å²) in [6.07, 6.45) is 2.59. The fourth-order valence-electron chi connectivity index (χ4n) is 1.53. The highest BCUT2D eigenvalue weighted by Crippen LogP contribution is 2.30. The molecule has 0 N–H and O–H groups in total. The first kappa shape index (κ1) is 13.0. The minimum atomic E-state index is -3.58. The van der Waals surface area contributed by atoms with Crippen LogP contribution in [-0.2, 0) is 9.84 Å². The first-order valence-electron chi connectivity index (χ1n) is 5.03. The molecule has 0 aliphatic heterocycles. The molecule has 1 aromatic carbocycles. The Morgan fingerprint density at radius 2 is 2.11 bits per heavy atom. The number of hydrogen-bond donors (Lipinski definition) is 0. The molecule has 1 aromatic heterocycles. The molecule has 2 aromatic rings. The number of rotatable bonds is 3. The van der Waals surface area contributed by atoms with Crippen LogP contribution in [0.4, 0.5) is 15.2 Å². The number of sulfone groups is 1. The zero-order valence-corrected chi connectivity index (χ0v) is 11.4. The molecule has 7 heteroatoms. The smallest absolute Gasteiger partial charge is 0.189 e. The molecule has 0 radical (unpaired) electrons. The van der Waals surface area contributed by atoms with Gasteiger partial charge in [-0.3, -0.25) is 0 Å². The van der Waals surface area contributed by atoms with Gasteiger partial charge in [-0.25, -0.2) is 17.8 Å². The summed E-state index contributed by atoms with van der Waals surface area (Å²) in [5.74, 6) is -0.752. The van der Waals surface area contributed by atoms with E-state index in [9.17, 15) is 12.8 Å². The van der Waals surface area contributed by atoms with Crippen molar-refractivity contribution in [3.63, 3.8) is 0 Å². The average Bonchev–Trinajstić information content (AvgIpc) is 2.80. The Kier molecular flexibility index (Phi) is 3.36. The largest absolute Gasteiger partial charge is 0.318 e. The molecule has 18 heavy (non-hydrogen) atoms. The molecular weight excluding hydrogens is 275 g/mol. The Labute approximate surface area is 109 Å². The van der Waals surface area contributed by atoms with Crippen molar-refractivity contribution in [2.75, 3.05) is 18.2 Å². The molecule has 96 valence electrons. The maximum absolute atomic E-state index is 14.2. The van der Waals surface area contributed by atoms with Gasteiger partial charge in [0.1, 0.15) is 4.90 Å². The summed E-state index contributed by atoms with van der Waals surface area (Å²) in [4.78, 5) is 5.27. The topological polar surface area (TPSA) is 50.3 Å². The van der Waals surface area contributed by atoms with Crippen molar-refractivity contribution in [1.29, 1.82) is 0 Å². The van der Waals surface area contributed by atoms with Crippen molar-refractivity contribution in [1.82, 2.24) is 4.98 Å². The van der Waals surface area contributed by atoms with Gasteiger partial charge in [0.15, 0.2) is 20.8 Å². The lowest BCUT2D eigenvalue weighted by molar-refractivity contribution is 0.571. The van der Waals surface area contributed by atoms with Gasteiger partial charge in [-0.05, 0) is 12.1 Å². The molecular formula is C11H11FN2O2S2. The van der Waals surface area contributed by atoms with Crippen molar-refractivity contribution in [3.05, 3.63) is 35.6 Å². The third-order valence-electron chi connectivity index (χ3n) is 2.41. The monoisotopic (exact) mass is 286 g/mol. The summed E-state index contributed by atoms with van der Waals surface area (Å²) < 4.78 is 37.1. The van der Waals surface area contributed by atoms with Crippen LogP contribution in [0.5, 0.6) is 0 Å². The van der Waals surface area contributed by atoms with E-state index in [1.54, 1.807) is 18.6 Å². The molecule has 0 amide bonds. The summed E-state index contributed by atoms with van der Waals surface area (Å²) in [7, 11) is -1.93. The summed E-state index contributed by atoms with van der Waals surface area (Å²) in [5.41, 5.74) is 0.188. The number of nitrogens with zero attached hydrogens (tertiary/aromatic N) is 2. The lowest BCUT2D eigenvalue weighted by Crippen LogP contribution is -2.13. The molecule has 0 aliphatic rings. The maximum atomic E-state index is 14.2. The van der Waals surface area contributed by atoms with Gasteiger partial charge in [0.2, 0.25) is 0 Å². The van der Waals surface area contributed by atoms with E-state index in [0.29, 0.717) is 5.13 Å². The van der Waals surface area contributed by atoms with Crippen LogP contribution in [0, 0.1) is 5.82 Å². The SMILES string of the molecule is CN(c1nccs1)c1cccc(S(C)(=O)=O)c1F. The first-order chi connectivity index (χ1) is 8.41. The lowest BCUT2D eigenvalue weighted by atomic mass is 10.3. The van der Waals surface area contributed by atoms with Crippen LogP contribution in [0.2, 0.25) is 0 Å². The Hall–Kier alpha value is -1.47. The second-order valence-corrected chi connectivity index (χ2v) is 6.59. The van der Waals surface area contributed by atoms with E-state index in [-0.39, 0.29) is 10.6 Å². The average molecular weight is 286 g/mol. The minimum Gasteiger partial charge on any atom is -0.318 e.